The van der Waals surface area contributed by atoms with E-state index in [1.165, 1.54) is 24.0 Å². The Labute approximate surface area is 146 Å². The van der Waals surface area contributed by atoms with E-state index in [2.05, 4.69) is 53.3 Å². The number of ether oxygens (including phenoxy) is 1. The topological polar surface area (TPSA) is 36.9 Å². The molecule has 3 atom stereocenters. The molecule has 1 N–H and O–H groups in total. The van der Waals surface area contributed by atoms with Gasteiger partial charge in [-0.1, -0.05) is 38.1 Å². The summed E-state index contributed by atoms with van der Waals surface area (Å²) in [7, 11) is 3.68. The van der Waals surface area contributed by atoms with Crippen LogP contribution in [0.5, 0.6) is 0 Å². The van der Waals surface area contributed by atoms with Crippen molar-refractivity contribution in [2.45, 2.75) is 44.6 Å². The molecule has 0 amide bonds. The second kappa shape index (κ2) is 7.56. The van der Waals surface area contributed by atoms with Crippen LogP contribution in [0, 0.1) is 5.92 Å². The summed E-state index contributed by atoms with van der Waals surface area (Å²) in [5.41, 5.74) is 2.87. The predicted octanol–water partition coefficient (Wildman–Crippen LogP) is 3.21. The Morgan fingerprint density at radius 1 is 1.33 bits per heavy atom. The maximum Gasteiger partial charge on any atom is 0.193 e. The first-order chi connectivity index (χ1) is 11.6. The molecule has 4 heteroatoms. The Balaban J connectivity index is 1.53. The summed E-state index contributed by atoms with van der Waals surface area (Å²) in [6, 6.07) is 9.68. The molecule has 1 saturated carbocycles. The fourth-order valence-electron chi connectivity index (χ4n) is 3.71. The lowest BCUT2D eigenvalue weighted by Crippen LogP contribution is -2.41. The van der Waals surface area contributed by atoms with E-state index in [-0.39, 0.29) is 0 Å². The molecule has 4 nitrogen and oxygen atoms in total. The fraction of sp³-hybridized carbons (Fsp3) is 0.650. The minimum absolute atomic E-state index is 0.523. The quantitative estimate of drug-likeness (QED) is 0.666. The SMILES string of the molecule is CN=C(NC1CC1c1ccc(C(C)C)cc1)N1CCC(COC)C1. The van der Waals surface area contributed by atoms with Crippen molar-refractivity contribution in [3.05, 3.63) is 35.4 Å². The molecule has 2 fully saturated rings. The second-order valence-electron chi connectivity index (χ2n) is 7.52. The van der Waals surface area contributed by atoms with E-state index in [9.17, 15) is 0 Å². The van der Waals surface area contributed by atoms with Crippen molar-refractivity contribution in [1.82, 2.24) is 10.2 Å². The van der Waals surface area contributed by atoms with Gasteiger partial charge in [-0.15, -0.1) is 0 Å². The molecule has 1 aliphatic heterocycles. The summed E-state index contributed by atoms with van der Waals surface area (Å²) in [5.74, 6) is 2.91. The van der Waals surface area contributed by atoms with Crippen molar-refractivity contribution in [3.8, 4) is 0 Å². The van der Waals surface area contributed by atoms with Crippen LogP contribution in [0.15, 0.2) is 29.3 Å². The molecule has 1 aromatic rings. The van der Waals surface area contributed by atoms with E-state index >= 15 is 0 Å². The van der Waals surface area contributed by atoms with E-state index in [1.54, 1.807) is 7.11 Å². The first kappa shape index (κ1) is 17.3. The third kappa shape index (κ3) is 3.92. The Morgan fingerprint density at radius 2 is 2.08 bits per heavy atom. The summed E-state index contributed by atoms with van der Waals surface area (Å²) in [4.78, 5) is 6.88. The molecule has 1 heterocycles. The van der Waals surface area contributed by atoms with Crippen LogP contribution in [0.4, 0.5) is 0 Å². The van der Waals surface area contributed by atoms with Crippen LogP contribution in [0.25, 0.3) is 0 Å². The summed E-state index contributed by atoms with van der Waals surface area (Å²) < 4.78 is 5.30. The lowest BCUT2D eigenvalue weighted by Gasteiger charge is -2.22. The van der Waals surface area contributed by atoms with E-state index in [1.807, 2.05) is 7.05 Å². The number of nitrogens with zero attached hydrogens (tertiary/aromatic N) is 2. The zero-order valence-electron chi connectivity index (χ0n) is 15.5. The Bertz CT molecular complexity index is 567. The molecule has 132 valence electrons. The van der Waals surface area contributed by atoms with Crippen LogP contribution in [0.2, 0.25) is 0 Å². The summed E-state index contributed by atoms with van der Waals surface area (Å²) >= 11 is 0. The van der Waals surface area contributed by atoms with E-state index in [0.717, 1.165) is 25.7 Å². The van der Waals surface area contributed by atoms with Crippen LogP contribution in [-0.2, 0) is 4.74 Å². The van der Waals surface area contributed by atoms with Gasteiger partial charge in [-0.25, -0.2) is 0 Å². The third-order valence-corrected chi connectivity index (χ3v) is 5.34. The van der Waals surface area contributed by atoms with Crippen molar-refractivity contribution in [1.29, 1.82) is 0 Å². The monoisotopic (exact) mass is 329 g/mol. The summed E-state index contributed by atoms with van der Waals surface area (Å²) in [6.45, 7) is 7.46. The van der Waals surface area contributed by atoms with Crippen LogP contribution in [0.3, 0.4) is 0 Å². The van der Waals surface area contributed by atoms with Gasteiger partial charge < -0.3 is 15.0 Å². The zero-order valence-corrected chi connectivity index (χ0v) is 15.5. The van der Waals surface area contributed by atoms with Crippen molar-refractivity contribution in [2.75, 3.05) is 33.9 Å². The van der Waals surface area contributed by atoms with Gasteiger partial charge >= 0.3 is 0 Å². The van der Waals surface area contributed by atoms with Gasteiger partial charge in [-0.2, -0.15) is 0 Å². The number of likely N-dealkylation sites (tertiary alicyclic amines) is 1. The van der Waals surface area contributed by atoms with Gasteiger partial charge in [-0.05, 0) is 29.9 Å². The van der Waals surface area contributed by atoms with Crippen molar-refractivity contribution in [3.63, 3.8) is 0 Å². The van der Waals surface area contributed by atoms with Crippen molar-refractivity contribution < 1.29 is 4.74 Å². The van der Waals surface area contributed by atoms with Crippen LogP contribution >= 0.6 is 0 Å². The molecule has 1 aliphatic carbocycles. The summed E-state index contributed by atoms with van der Waals surface area (Å²) in [5, 5.41) is 3.67. The highest BCUT2D eigenvalue weighted by Crippen LogP contribution is 2.41. The van der Waals surface area contributed by atoms with Crippen LogP contribution in [0.1, 0.15) is 49.7 Å². The third-order valence-electron chi connectivity index (χ3n) is 5.34. The number of hydrogen-bond donors (Lipinski definition) is 1. The molecule has 0 radical (unpaired) electrons. The highest BCUT2D eigenvalue weighted by Gasteiger charge is 2.40. The standard InChI is InChI=1S/C20H31N3O/c1-14(2)16-5-7-17(8-6-16)18-11-19(18)22-20(21-3)23-10-9-15(12-23)13-24-4/h5-8,14-15,18-19H,9-13H2,1-4H3,(H,21,22). The Morgan fingerprint density at radius 3 is 2.71 bits per heavy atom. The van der Waals surface area contributed by atoms with Gasteiger partial charge in [0.25, 0.3) is 0 Å². The van der Waals surface area contributed by atoms with Crippen molar-refractivity contribution >= 4 is 5.96 Å². The van der Waals surface area contributed by atoms with Gasteiger partial charge in [0.1, 0.15) is 0 Å². The average Bonchev–Trinajstić information content (AvgIpc) is 3.21. The lowest BCUT2D eigenvalue weighted by atomic mass is 10.0. The predicted molar refractivity (Wildman–Crippen MR) is 99.7 cm³/mol. The van der Waals surface area contributed by atoms with Gasteiger partial charge in [0.2, 0.25) is 0 Å². The van der Waals surface area contributed by atoms with Gasteiger partial charge in [-0.3, -0.25) is 4.99 Å². The molecule has 1 saturated heterocycles. The van der Waals surface area contributed by atoms with E-state index in [0.29, 0.717) is 23.8 Å². The molecule has 3 unspecified atom stereocenters. The number of guanidine groups is 1. The second-order valence-corrected chi connectivity index (χ2v) is 7.52. The maximum atomic E-state index is 5.30. The fourth-order valence-corrected chi connectivity index (χ4v) is 3.71. The highest BCUT2D eigenvalue weighted by atomic mass is 16.5. The van der Waals surface area contributed by atoms with Gasteiger partial charge in [0, 0.05) is 45.1 Å². The Hall–Kier alpha value is -1.55. The molecule has 24 heavy (non-hydrogen) atoms. The lowest BCUT2D eigenvalue weighted by molar-refractivity contribution is 0.157. The molecule has 0 spiro atoms. The molecular formula is C20H31N3O. The number of aliphatic imine (C=N–C) groups is 1. The number of hydrogen-bond acceptors (Lipinski definition) is 2. The Kier molecular flexibility index (Phi) is 5.44. The minimum Gasteiger partial charge on any atom is -0.384 e. The molecule has 3 rings (SSSR count). The van der Waals surface area contributed by atoms with Crippen molar-refractivity contribution in [2.24, 2.45) is 10.9 Å². The molecule has 0 bridgehead atoms. The van der Waals surface area contributed by atoms with E-state index < -0.39 is 0 Å². The number of rotatable bonds is 5. The van der Waals surface area contributed by atoms with E-state index in [4.69, 9.17) is 4.74 Å². The average molecular weight is 329 g/mol. The van der Waals surface area contributed by atoms with Gasteiger partial charge in [0.05, 0.1) is 6.61 Å². The van der Waals surface area contributed by atoms with Crippen LogP contribution in [-0.4, -0.2) is 50.8 Å². The smallest absolute Gasteiger partial charge is 0.193 e. The number of benzene rings is 1. The number of methoxy groups -OCH3 is 1. The normalized spacial score (nSPS) is 27.0. The largest absolute Gasteiger partial charge is 0.384 e. The minimum atomic E-state index is 0.523. The molecular weight excluding hydrogens is 298 g/mol. The molecule has 1 aromatic carbocycles. The first-order valence-electron chi connectivity index (χ1n) is 9.19. The molecule has 0 aromatic heterocycles. The highest BCUT2D eigenvalue weighted by molar-refractivity contribution is 5.81. The maximum absolute atomic E-state index is 5.30. The van der Waals surface area contributed by atoms with Gasteiger partial charge in [0.15, 0.2) is 5.96 Å². The first-order valence-corrected chi connectivity index (χ1v) is 9.19. The van der Waals surface area contributed by atoms with Crippen LogP contribution < -0.4 is 5.32 Å². The zero-order chi connectivity index (χ0) is 17.1. The number of nitrogens with one attached hydrogen (secondary N) is 1. The molecule has 2 aliphatic rings. The summed E-state index contributed by atoms with van der Waals surface area (Å²) in [6.07, 6.45) is 2.40.